The lowest BCUT2D eigenvalue weighted by atomic mass is 10.3. The van der Waals surface area contributed by atoms with Crippen molar-refractivity contribution >= 4 is 11.6 Å². The van der Waals surface area contributed by atoms with Gasteiger partial charge in [-0.25, -0.2) is 9.37 Å². The lowest BCUT2D eigenvalue weighted by molar-refractivity contribution is -0.00461. The molecule has 0 saturated carbocycles. The second-order valence-electron chi connectivity index (χ2n) is 5.43. The molecule has 0 bridgehead atoms. The molecule has 0 radical (unpaired) electrons. The van der Waals surface area contributed by atoms with Crippen LogP contribution in [0.25, 0.3) is 0 Å². The molecule has 2 heterocycles. The van der Waals surface area contributed by atoms with E-state index in [4.69, 9.17) is 19.9 Å². The van der Waals surface area contributed by atoms with Crippen LogP contribution in [0.15, 0.2) is 30.5 Å². The molecule has 2 atom stereocenters. The fraction of sp³-hybridized carbons (Fsp3) is 0.375. The Morgan fingerprint density at radius 1 is 1.17 bits per heavy atom. The van der Waals surface area contributed by atoms with Gasteiger partial charge in [0.2, 0.25) is 11.8 Å². The Morgan fingerprint density at radius 3 is 2.50 bits per heavy atom. The van der Waals surface area contributed by atoms with Crippen molar-refractivity contribution in [2.45, 2.75) is 12.2 Å². The predicted octanol–water partition coefficient (Wildman–Crippen LogP) is 1.84. The van der Waals surface area contributed by atoms with Crippen molar-refractivity contribution in [2.24, 2.45) is 0 Å². The van der Waals surface area contributed by atoms with Gasteiger partial charge in [-0.3, -0.25) is 0 Å². The molecule has 1 aliphatic heterocycles. The van der Waals surface area contributed by atoms with E-state index in [1.807, 2.05) is 4.90 Å². The maximum Gasteiger partial charge on any atom is 0.228 e. The number of nitrogens with zero attached hydrogens (tertiary/aromatic N) is 3. The molecule has 7 nitrogen and oxygen atoms in total. The molecule has 1 aliphatic rings. The van der Waals surface area contributed by atoms with E-state index in [0.717, 1.165) is 0 Å². The first-order chi connectivity index (χ1) is 11.6. The number of aromatic nitrogens is 2. The zero-order chi connectivity index (χ0) is 17.1. The summed E-state index contributed by atoms with van der Waals surface area (Å²) in [4.78, 5) is 10.6. The molecule has 1 fully saturated rings. The van der Waals surface area contributed by atoms with E-state index < -0.39 is 5.82 Å². The summed E-state index contributed by atoms with van der Waals surface area (Å²) >= 11 is 0. The highest BCUT2D eigenvalue weighted by atomic mass is 19.1. The molecular formula is C16H19FN4O3. The molecule has 0 unspecified atom stereocenters. The Labute approximate surface area is 139 Å². The normalized spacial score (nSPS) is 20.4. The number of ether oxygens (including phenoxy) is 3. The summed E-state index contributed by atoms with van der Waals surface area (Å²) in [6, 6.07) is 5.85. The summed E-state index contributed by atoms with van der Waals surface area (Å²) in [5.74, 6) is 0.605. The van der Waals surface area contributed by atoms with Gasteiger partial charge in [0.25, 0.3) is 0 Å². The van der Waals surface area contributed by atoms with Crippen LogP contribution in [0.4, 0.5) is 16.0 Å². The standard InChI is InChI=1S/C16H19FN4O3/c1-22-13-8-21(9-14(13)23-2)16-19-6-5-15(20-16)24-10-3-4-12(18)11(17)7-10/h3-7,13-14H,8-9,18H2,1-2H3/t13-,14+. The van der Waals surface area contributed by atoms with Gasteiger partial charge >= 0.3 is 0 Å². The van der Waals surface area contributed by atoms with E-state index >= 15 is 0 Å². The molecule has 1 aromatic heterocycles. The average molecular weight is 334 g/mol. The van der Waals surface area contributed by atoms with Crippen molar-refractivity contribution < 1.29 is 18.6 Å². The third-order valence-electron chi connectivity index (χ3n) is 3.92. The van der Waals surface area contributed by atoms with Gasteiger partial charge in [0.05, 0.1) is 5.69 Å². The van der Waals surface area contributed by atoms with Gasteiger partial charge in [-0.05, 0) is 12.1 Å². The molecular weight excluding hydrogens is 315 g/mol. The minimum absolute atomic E-state index is 0.0469. The largest absolute Gasteiger partial charge is 0.439 e. The summed E-state index contributed by atoms with van der Waals surface area (Å²) in [5, 5.41) is 0. The van der Waals surface area contributed by atoms with Crippen LogP contribution in [0, 0.1) is 5.82 Å². The first-order valence-corrected chi connectivity index (χ1v) is 7.47. The summed E-state index contributed by atoms with van der Waals surface area (Å²) in [6.45, 7) is 1.24. The number of hydrogen-bond acceptors (Lipinski definition) is 7. The first-order valence-electron chi connectivity index (χ1n) is 7.47. The van der Waals surface area contributed by atoms with Gasteiger partial charge in [0, 0.05) is 45.6 Å². The Hall–Kier alpha value is -2.45. The highest BCUT2D eigenvalue weighted by molar-refractivity contribution is 5.44. The molecule has 3 rings (SSSR count). The molecule has 1 saturated heterocycles. The topological polar surface area (TPSA) is 82.7 Å². The predicted molar refractivity (Wildman–Crippen MR) is 86.7 cm³/mol. The summed E-state index contributed by atoms with van der Waals surface area (Å²) in [7, 11) is 3.30. The van der Waals surface area contributed by atoms with E-state index in [1.54, 1.807) is 32.5 Å². The minimum Gasteiger partial charge on any atom is -0.439 e. The van der Waals surface area contributed by atoms with Crippen LogP contribution in [-0.2, 0) is 9.47 Å². The van der Waals surface area contributed by atoms with Gasteiger partial charge in [-0.1, -0.05) is 0 Å². The Bertz CT molecular complexity index is 703. The molecule has 0 spiro atoms. The number of anilines is 2. The second-order valence-corrected chi connectivity index (χ2v) is 5.43. The maximum absolute atomic E-state index is 13.5. The van der Waals surface area contributed by atoms with Crippen molar-refractivity contribution in [1.29, 1.82) is 0 Å². The fourth-order valence-electron chi connectivity index (χ4n) is 2.59. The average Bonchev–Trinajstić information content (AvgIpc) is 3.02. The number of methoxy groups -OCH3 is 2. The maximum atomic E-state index is 13.5. The van der Waals surface area contributed by atoms with Gasteiger partial charge in [-0.15, -0.1) is 0 Å². The van der Waals surface area contributed by atoms with E-state index in [0.29, 0.717) is 30.7 Å². The van der Waals surface area contributed by atoms with E-state index in [1.165, 1.54) is 12.1 Å². The molecule has 0 aliphatic carbocycles. The highest BCUT2D eigenvalue weighted by Gasteiger charge is 2.34. The summed E-state index contributed by atoms with van der Waals surface area (Å²) in [6.07, 6.45) is 1.50. The number of nitrogens with two attached hydrogens (primary N) is 1. The second kappa shape index (κ2) is 6.98. The number of hydrogen-bond donors (Lipinski definition) is 1. The summed E-state index contributed by atoms with van der Waals surface area (Å²) < 4.78 is 29.9. The number of nitrogen functional groups attached to an aromatic ring is 1. The zero-order valence-corrected chi connectivity index (χ0v) is 13.5. The van der Waals surface area contributed by atoms with E-state index in [-0.39, 0.29) is 17.9 Å². The van der Waals surface area contributed by atoms with Crippen LogP contribution in [-0.4, -0.2) is 49.5 Å². The Morgan fingerprint density at radius 2 is 1.88 bits per heavy atom. The van der Waals surface area contributed by atoms with Gasteiger partial charge in [0.15, 0.2) is 0 Å². The zero-order valence-electron chi connectivity index (χ0n) is 13.5. The van der Waals surface area contributed by atoms with Crippen LogP contribution < -0.4 is 15.4 Å². The minimum atomic E-state index is -0.535. The van der Waals surface area contributed by atoms with Crippen molar-refractivity contribution in [3.8, 4) is 11.6 Å². The lowest BCUT2D eigenvalue weighted by Crippen LogP contribution is -2.27. The Kier molecular flexibility index (Phi) is 4.77. The van der Waals surface area contributed by atoms with Gasteiger partial charge < -0.3 is 24.8 Å². The SMILES string of the molecule is CO[C@H]1CN(c2nccc(Oc3ccc(N)c(F)c3)n2)C[C@H]1OC. The van der Waals surface area contributed by atoms with Crippen LogP contribution in [0.5, 0.6) is 11.6 Å². The van der Waals surface area contributed by atoms with E-state index in [9.17, 15) is 4.39 Å². The third kappa shape index (κ3) is 3.39. The molecule has 2 aromatic rings. The molecule has 24 heavy (non-hydrogen) atoms. The van der Waals surface area contributed by atoms with Crippen LogP contribution >= 0.6 is 0 Å². The van der Waals surface area contributed by atoms with Crippen LogP contribution in [0.3, 0.4) is 0 Å². The number of halogens is 1. The number of rotatable bonds is 5. The monoisotopic (exact) mass is 334 g/mol. The smallest absolute Gasteiger partial charge is 0.228 e. The van der Waals surface area contributed by atoms with Crippen molar-refractivity contribution in [1.82, 2.24) is 9.97 Å². The molecule has 0 amide bonds. The molecule has 128 valence electrons. The van der Waals surface area contributed by atoms with Crippen molar-refractivity contribution in [3.63, 3.8) is 0 Å². The quantitative estimate of drug-likeness (QED) is 0.835. The Balaban J connectivity index is 1.76. The molecule has 1 aromatic carbocycles. The third-order valence-corrected chi connectivity index (χ3v) is 3.92. The van der Waals surface area contributed by atoms with E-state index in [2.05, 4.69) is 9.97 Å². The summed E-state index contributed by atoms with van der Waals surface area (Å²) in [5.41, 5.74) is 5.52. The highest BCUT2D eigenvalue weighted by Crippen LogP contribution is 2.25. The first kappa shape index (κ1) is 16.4. The van der Waals surface area contributed by atoms with Crippen LogP contribution in [0.2, 0.25) is 0 Å². The fourth-order valence-corrected chi connectivity index (χ4v) is 2.59. The van der Waals surface area contributed by atoms with Crippen LogP contribution in [0.1, 0.15) is 0 Å². The lowest BCUT2D eigenvalue weighted by Gasteiger charge is -2.16. The van der Waals surface area contributed by atoms with Crippen molar-refractivity contribution in [2.75, 3.05) is 37.9 Å². The van der Waals surface area contributed by atoms with Gasteiger partial charge in [0.1, 0.15) is 23.8 Å². The molecule has 2 N–H and O–H groups in total. The van der Waals surface area contributed by atoms with Crippen molar-refractivity contribution in [3.05, 3.63) is 36.3 Å². The number of benzene rings is 1. The molecule has 8 heteroatoms. The van der Waals surface area contributed by atoms with Gasteiger partial charge in [-0.2, -0.15) is 4.98 Å².